The zero-order valence-electron chi connectivity index (χ0n) is 9.55. The standard InChI is InChI=1S/C13H17NO/c1-5-13(15)14-8-12-10(3)6-9(2)7-11(12)4/h5-7H,1,8H2,2-4H3,(H,14,15). The van der Waals surface area contributed by atoms with Crippen molar-refractivity contribution in [2.75, 3.05) is 0 Å². The van der Waals surface area contributed by atoms with Gasteiger partial charge in [0.05, 0.1) is 0 Å². The normalized spacial score (nSPS) is 9.80. The van der Waals surface area contributed by atoms with Crippen molar-refractivity contribution in [1.29, 1.82) is 0 Å². The average Bonchev–Trinajstić information content (AvgIpc) is 2.15. The molecule has 0 aliphatic carbocycles. The van der Waals surface area contributed by atoms with Crippen LogP contribution < -0.4 is 5.32 Å². The van der Waals surface area contributed by atoms with Crippen molar-refractivity contribution in [2.45, 2.75) is 27.3 Å². The molecule has 0 atom stereocenters. The third-order valence-corrected chi connectivity index (χ3v) is 2.47. The van der Waals surface area contributed by atoms with Crippen molar-refractivity contribution in [3.05, 3.63) is 47.0 Å². The van der Waals surface area contributed by atoms with Crippen LogP contribution in [0, 0.1) is 20.8 Å². The van der Waals surface area contributed by atoms with Crippen LogP contribution >= 0.6 is 0 Å². The monoisotopic (exact) mass is 203 g/mol. The fourth-order valence-electron chi connectivity index (χ4n) is 1.74. The molecule has 2 heteroatoms. The Morgan fingerprint density at radius 1 is 1.33 bits per heavy atom. The summed E-state index contributed by atoms with van der Waals surface area (Å²) in [5, 5.41) is 2.79. The van der Waals surface area contributed by atoms with Gasteiger partial charge in [-0.25, -0.2) is 0 Å². The van der Waals surface area contributed by atoms with Crippen LogP contribution in [0.5, 0.6) is 0 Å². The smallest absolute Gasteiger partial charge is 0.243 e. The van der Waals surface area contributed by atoms with E-state index in [-0.39, 0.29) is 5.91 Å². The van der Waals surface area contributed by atoms with Gasteiger partial charge in [0.25, 0.3) is 0 Å². The molecule has 0 bridgehead atoms. The Bertz CT molecular complexity index is 371. The Kier molecular flexibility index (Phi) is 3.67. The molecule has 0 heterocycles. The van der Waals surface area contributed by atoms with Gasteiger partial charge in [0.1, 0.15) is 0 Å². The van der Waals surface area contributed by atoms with Gasteiger partial charge < -0.3 is 5.32 Å². The Morgan fingerprint density at radius 3 is 2.33 bits per heavy atom. The van der Waals surface area contributed by atoms with Gasteiger partial charge in [0, 0.05) is 6.54 Å². The van der Waals surface area contributed by atoms with Crippen LogP contribution in [0.2, 0.25) is 0 Å². The number of carbonyl (C=O) groups is 1. The molecule has 1 N–H and O–H groups in total. The van der Waals surface area contributed by atoms with E-state index >= 15 is 0 Å². The molecule has 0 fully saturated rings. The van der Waals surface area contributed by atoms with E-state index in [1.54, 1.807) is 0 Å². The third kappa shape index (κ3) is 2.94. The molecular formula is C13H17NO. The van der Waals surface area contributed by atoms with Gasteiger partial charge in [-0.1, -0.05) is 24.3 Å². The van der Waals surface area contributed by atoms with E-state index in [9.17, 15) is 4.79 Å². The summed E-state index contributed by atoms with van der Waals surface area (Å²) in [4.78, 5) is 11.0. The number of aryl methyl sites for hydroxylation is 3. The summed E-state index contributed by atoms with van der Waals surface area (Å²) in [5.74, 6) is -0.130. The molecule has 0 saturated heterocycles. The predicted octanol–water partition coefficient (Wildman–Crippen LogP) is 2.41. The van der Waals surface area contributed by atoms with Crippen LogP contribution in [0.15, 0.2) is 24.8 Å². The summed E-state index contributed by atoms with van der Waals surface area (Å²) >= 11 is 0. The number of rotatable bonds is 3. The Morgan fingerprint density at radius 2 is 1.87 bits per heavy atom. The van der Waals surface area contributed by atoms with Crippen LogP contribution in [-0.2, 0) is 11.3 Å². The van der Waals surface area contributed by atoms with Crippen LogP contribution in [0.25, 0.3) is 0 Å². The van der Waals surface area contributed by atoms with Gasteiger partial charge in [-0.05, 0) is 43.5 Å². The quantitative estimate of drug-likeness (QED) is 0.751. The summed E-state index contributed by atoms with van der Waals surface area (Å²) in [7, 11) is 0. The topological polar surface area (TPSA) is 29.1 Å². The SMILES string of the molecule is C=CC(=O)NCc1c(C)cc(C)cc1C. The Hall–Kier alpha value is -1.57. The highest BCUT2D eigenvalue weighted by molar-refractivity contribution is 5.86. The van der Waals surface area contributed by atoms with E-state index in [1.807, 2.05) is 0 Å². The minimum absolute atomic E-state index is 0.130. The van der Waals surface area contributed by atoms with Crippen molar-refractivity contribution in [2.24, 2.45) is 0 Å². The van der Waals surface area contributed by atoms with Gasteiger partial charge in [0.15, 0.2) is 0 Å². The van der Waals surface area contributed by atoms with Crippen molar-refractivity contribution in [1.82, 2.24) is 5.32 Å². The lowest BCUT2D eigenvalue weighted by Gasteiger charge is -2.11. The van der Waals surface area contributed by atoms with Crippen molar-refractivity contribution in [3.8, 4) is 0 Å². The molecule has 1 amide bonds. The summed E-state index contributed by atoms with van der Waals surface area (Å²) in [6.45, 7) is 10.2. The molecule has 0 aliphatic rings. The highest BCUT2D eigenvalue weighted by Gasteiger charge is 2.04. The van der Waals surface area contributed by atoms with Crippen molar-refractivity contribution >= 4 is 5.91 Å². The van der Waals surface area contributed by atoms with E-state index in [0.29, 0.717) is 6.54 Å². The molecular weight excluding hydrogens is 186 g/mol. The van der Waals surface area contributed by atoms with E-state index in [1.165, 1.54) is 28.3 Å². The molecule has 1 rings (SSSR count). The van der Waals surface area contributed by atoms with Crippen molar-refractivity contribution < 1.29 is 4.79 Å². The molecule has 0 saturated carbocycles. The summed E-state index contributed by atoms with van der Waals surface area (Å²) < 4.78 is 0. The number of nitrogens with one attached hydrogen (secondary N) is 1. The molecule has 0 aromatic heterocycles. The van der Waals surface area contributed by atoms with Crippen LogP contribution in [0.4, 0.5) is 0 Å². The molecule has 15 heavy (non-hydrogen) atoms. The molecule has 0 unspecified atom stereocenters. The first-order chi connectivity index (χ1) is 7.04. The third-order valence-electron chi connectivity index (χ3n) is 2.47. The maximum absolute atomic E-state index is 11.0. The predicted molar refractivity (Wildman–Crippen MR) is 62.7 cm³/mol. The highest BCUT2D eigenvalue weighted by atomic mass is 16.1. The first kappa shape index (κ1) is 11.5. The van der Waals surface area contributed by atoms with Crippen LogP contribution in [-0.4, -0.2) is 5.91 Å². The highest BCUT2D eigenvalue weighted by Crippen LogP contribution is 2.15. The molecule has 2 nitrogen and oxygen atoms in total. The van der Waals surface area contributed by atoms with E-state index in [0.717, 1.165) is 0 Å². The second-order valence-electron chi connectivity index (χ2n) is 3.80. The van der Waals surface area contributed by atoms with Gasteiger partial charge in [0.2, 0.25) is 5.91 Å². The zero-order valence-corrected chi connectivity index (χ0v) is 9.55. The van der Waals surface area contributed by atoms with Crippen LogP contribution in [0.1, 0.15) is 22.3 Å². The van der Waals surface area contributed by atoms with E-state index < -0.39 is 0 Å². The molecule has 0 spiro atoms. The molecule has 0 aliphatic heterocycles. The molecule has 80 valence electrons. The number of hydrogen-bond acceptors (Lipinski definition) is 1. The fourth-order valence-corrected chi connectivity index (χ4v) is 1.74. The number of hydrogen-bond donors (Lipinski definition) is 1. The van der Waals surface area contributed by atoms with Crippen LogP contribution in [0.3, 0.4) is 0 Å². The maximum Gasteiger partial charge on any atom is 0.243 e. The summed E-state index contributed by atoms with van der Waals surface area (Å²) in [6, 6.07) is 4.25. The second-order valence-corrected chi connectivity index (χ2v) is 3.80. The number of benzene rings is 1. The Balaban J connectivity index is 2.85. The molecule has 1 aromatic rings. The first-order valence-electron chi connectivity index (χ1n) is 5.01. The van der Waals surface area contributed by atoms with E-state index in [4.69, 9.17) is 0 Å². The minimum atomic E-state index is -0.130. The van der Waals surface area contributed by atoms with Gasteiger partial charge in [-0.3, -0.25) is 4.79 Å². The maximum atomic E-state index is 11.0. The zero-order chi connectivity index (χ0) is 11.4. The van der Waals surface area contributed by atoms with Gasteiger partial charge >= 0.3 is 0 Å². The van der Waals surface area contributed by atoms with Gasteiger partial charge in [-0.2, -0.15) is 0 Å². The Labute approximate surface area is 91.0 Å². The second kappa shape index (κ2) is 4.78. The van der Waals surface area contributed by atoms with Crippen molar-refractivity contribution in [3.63, 3.8) is 0 Å². The summed E-state index contributed by atoms with van der Waals surface area (Å²) in [6.07, 6.45) is 1.29. The molecule has 1 aromatic carbocycles. The van der Waals surface area contributed by atoms with E-state index in [2.05, 4.69) is 44.8 Å². The largest absolute Gasteiger partial charge is 0.348 e. The number of carbonyl (C=O) groups excluding carboxylic acids is 1. The molecule has 0 radical (unpaired) electrons. The van der Waals surface area contributed by atoms with Gasteiger partial charge in [-0.15, -0.1) is 0 Å². The lowest BCUT2D eigenvalue weighted by atomic mass is 10.00. The lowest BCUT2D eigenvalue weighted by Crippen LogP contribution is -2.21. The minimum Gasteiger partial charge on any atom is -0.348 e. The first-order valence-corrected chi connectivity index (χ1v) is 5.01. The fraction of sp³-hybridized carbons (Fsp3) is 0.308. The average molecular weight is 203 g/mol. The lowest BCUT2D eigenvalue weighted by molar-refractivity contribution is -0.116. The summed E-state index contributed by atoms with van der Waals surface area (Å²) in [5.41, 5.74) is 4.88. The number of amides is 1.